The number of hydrogen-bond donors (Lipinski definition) is 2. The molecule has 25 heavy (non-hydrogen) atoms. The maximum atomic E-state index is 12.5. The molecule has 1 aliphatic rings. The smallest absolute Gasteiger partial charge is 0.282 e. The third-order valence-electron chi connectivity index (χ3n) is 4.80. The van der Waals surface area contributed by atoms with E-state index in [9.17, 15) is 4.79 Å². The Hall–Kier alpha value is -2.60. The molecule has 3 rings (SSSR count). The zero-order chi connectivity index (χ0) is 17.6. The molecule has 1 saturated heterocycles. The topological polar surface area (TPSA) is 60.1 Å². The van der Waals surface area contributed by atoms with Crippen LogP contribution in [0.5, 0.6) is 5.75 Å². The van der Waals surface area contributed by atoms with Crippen molar-refractivity contribution in [3.8, 4) is 5.75 Å². The number of methoxy groups -OCH3 is 1. The Balaban J connectivity index is 1.52. The third-order valence-corrected chi connectivity index (χ3v) is 4.80. The third kappa shape index (κ3) is 4.28. The molecule has 1 amide bonds. The summed E-state index contributed by atoms with van der Waals surface area (Å²) in [6, 6.07) is 13.5. The summed E-state index contributed by atoms with van der Waals surface area (Å²) in [5, 5.41) is 3.00. The highest BCUT2D eigenvalue weighted by Crippen LogP contribution is 2.15. The Morgan fingerprint density at radius 2 is 1.92 bits per heavy atom. The Morgan fingerprint density at radius 1 is 1.20 bits per heavy atom. The molecule has 0 spiro atoms. The minimum atomic E-state index is -0.0796. The van der Waals surface area contributed by atoms with Crippen molar-refractivity contribution < 1.29 is 19.4 Å². The van der Waals surface area contributed by atoms with E-state index in [-0.39, 0.29) is 11.9 Å². The Bertz CT molecular complexity index is 682. The number of rotatable bonds is 5. The zero-order valence-electron chi connectivity index (χ0n) is 14.8. The summed E-state index contributed by atoms with van der Waals surface area (Å²) < 4.78 is 5.14. The molecule has 1 atom stereocenters. The number of ether oxygens (including phenoxy) is 1. The number of H-pyrrole nitrogens is 1. The Kier molecular flexibility index (Phi) is 5.50. The lowest BCUT2D eigenvalue weighted by atomic mass is 10.2. The van der Waals surface area contributed by atoms with Crippen LogP contribution in [0.1, 0.15) is 6.92 Å². The number of aromatic amines is 1. The van der Waals surface area contributed by atoms with Crippen molar-refractivity contribution in [2.24, 2.45) is 0 Å². The number of aromatic nitrogens is 1. The van der Waals surface area contributed by atoms with Gasteiger partial charge in [-0.25, -0.2) is 4.98 Å². The average molecular weight is 342 g/mol. The van der Waals surface area contributed by atoms with Gasteiger partial charge in [-0.15, -0.1) is 0 Å². The van der Waals surface area contributed by atoms with Gasteiger partial charge in [-0.2, -0.15) is 0 Å². The van der Waals surface area contributed by atoms with Gasteiger partial charge in [0.1, 0.15) is 31.9 Å². The molecule has 1 aromatic heterocycles. The maximum Gasteiger partial charge on any atom is 0.282 e. The summed E-state index contributed by atoms with van der Waals surface area (Å²) in [6.45, 7) is 5.77. The van der Waals surface area contributed by atoms with E-state index >= 15 is 0 Å². The van der Waals surface area contributed by atoms with Crippen LogP contribution in [0.2, 0.25) is 0 Å². The SMILES string of the molecule is COc1ccc(NC(=O)[C@@H](C)[NH+]2CCN(c3cccc[nH+]3)CC2)cc1. The highest BCUT2D eigenvalue weighted by atomic mass is 16.5. The minimum Gasteiger partial charge on any atom is -0.497 e. The second-order valence-corrected chi connectivity index (χ2v) is 6.33. The highest BCUT2D eigenvalue weighted by molar-refractivity contribution is 5.93. The number of pyridine rings is 1. The predicted octanol–water partition coefficient (Wildman–Crippen LogP) is 0.241. The molecule has 0 unspecified atom stereocenters. The van der Waals surface area contributed by atoms with Gasteiger partial charge in [0.15, 0.2) is 6.04 Å². The van der Waals surface area contributed by atoms with Crippen LogP contribution in [-0.2, 0) is 4.79 Å². The molecule has 2 aromatic rings. The van der Waals surface area contributed by atoms with E-state index in [1.165, 1.54) is 4.90 Å². The van der Waals surface area contributed by atoms with Crippen LogP contribution in [0, 0.1) is 0 Å². The number of nitrogens with one attached hydrogen (secondary N) is 3. The first-order valence-corrected chi connectivity index (χ1v) is 8.68. The van der Waals surface area contributed by atoms with E-state index in [1.54, 1.807) is 7.11 Å². The monoisotopic (exact) mass is 342 g/mol. The van der Waals surface area contributed by atoms with Crippen LogP contribution in [-0.4, -0.2) is 45.2 Å². The van der Waals surface area contributed by atoms with Gasteiger partial charge >= 0.3 is 0 Å². The molecular weight excluding hydrogens is 316 g/mol. The molecule has 3 N–H and O–H groups in total. The lowest BCUT2D eigenvalue weighted by Gasteiger charge is -2.31. The molecule has 0 radical (unpaired) electrons. The molecule has 132 valence electrons. The predicted molar refractivity (Wildman–Crippen MR) is 97.0 cm³/mol. The molecule has 1 aromatic carbocycles. The summed E-state index contributed by atoms with van der Waals surface area (Å²) in [5.74, 6) is 1.97. The van der Waals surface area contributed by atoms with Gasteiger partial charge in [0.2, 0.25) is 0 Å². The van der Waals surface area contributed by atoms with E-state index in [0.717, 1.165) is 43.4 Å². The van der Waals surface area contributed by atoms with Gasteiger partial charge in [-0.1, -0.05) is 6.07 Å². The molecule has 1 aliphatic heterocycles. The van der Waals surface area contributed by atoms with Crippen LogP contribution in [0.25, 0.3) is 0 Å². The fraction of sp³-hybridized carbons (Fsp3) is 0.368. The molecular formula is C19H26N4O2+2. The number of amides is 1. The molecule has 0 aliphatic carbocycles. The number of benzene rings is 1. The fourth-order valence-corrected chi connectivity index (χ4v) is 3.16. The van der Waals surface area contributed by atoms with Crippen LogP contribution in [0.3, 0.4) is 0 Å². The molecule has 6 nitrogen and oxygen atoms in total. The van der Waals surface area contributed by atoms with Crippen LogP contribution < -0.4 is 24.8 Å². The molecule has 0 saturated carbocycles. The van der Waals surface area contributed by atoms with Gasteiger partial charge in [0, 0.05) is 11.8 Å². The zero-order valence-corrected chi connectivity index (χ0v) is 14.8. The number of nitrogens with zero attached hydrogens (tertiary/aromatic N) is 1. The molecule has 2 heterocycles. The number of quaternary nitrogens is 1. The minimum absolute atomic E-state index is 0.0555. The first-order valence-electron chi connectivity index (χ1n) is 8.68. The summed E-state index contributed by atoms with van der Waals surface area (Å²) >= 11 is 0. The van der Waals surface area contributed by atoms with Gasteiger partial charge in [-0.3, -0.25) is 9.69 Å². The first kappa shape index (κ1) is 17.2. The Morgan fingerprint density at radius 3 is 2.52 bits per heavy atom. The number of carbonyl (C=O) groups excluding carboxylic acids is 1. The van der Waals surface area contributed by atoms with Gasteiger partial charge in [0.25, 0.3) is 11.7 Å². The van der Waals surface area contributed by atoms with Crippen molar-refractivity contribution in [2.75, 3.05) is 43.5 Å². The van der Waals surface area contributed by atoms with Crippen LogP contribution in [0.4, 0.5) is 11.5 Å². The van der Waals surface area contributed by atoms with E-state index in [2.05, 4.69) is 21.3 Å². The standard InChI is InChI=1S/C19H24N4O2/c1-15(19(24)21-16-6-8-17(25-2)9-7-16)22-11-13-23(14-12-22)18-5-3-4-10-20-18/h3-10,15H,11-14H2,1-2H3,(H,21,24)/p+2/t15-/m1/s1. The van der Waals surface area contributed by atoms with Gasteiger partial charge in [0.05, 0.1) is 13.3 Å². The maximum absolute atomic E-state index is 12.5. The number of piperazine rings is 1. The van der Waals surface area contributed by atoms with E-state index in [1.807, 2.05) is 49.5 Å². The highest BCUT2D eigenvalue weighted by Gasteiger charge is 2.32. The van der Waals surface area contributed by atoms with Crippen molar-refractivity contribution in [2.45, 2.75) is 13.0 Å². The van der Waals surface area contributed by atoms with Crippen molar-refractivity contribution in [1.82, 2.24) is 0 Å². The van der Waals surface area contributed by atoms with E-state index in [4.69, 9.17) is 4.74 Å². The molecule has 6 heteroatoms. The largest absolute Gasteiger partial charge is 0.497 e. The normalized spacial score (nSPS) is 16.3. The van der Waals surface area contributed by atoms with E-state index in [0.29, 0.717) is 0 Å². The van der Waals surface area contributed by atoms with Crippen molar-refractivity contribution in [3.63, 3.8) is 0 Å². The van der Waals surface area contributed by atoms with Crippen LogP contribution >= 0.6 is 0 Å². The summed E-state index contributed by atoms with van der Waals surface area (Å²) in [4.78, 5) is 19.5. The van der Waals surface area contributed by atoms with E-state index < -0.39 is 0 Å². The van der Waals surface area contributed by atoms with Crippen LogP contribution in [0.15, 0.2) is 48.7 Å². The number of carbonyl (C=O) groups is 1. The molecule has 0 bridgehead atoms. The Labute approximate surface area is 148 Å². The quantitative estimate of drug-likeness (QED) is 0.818. The summed E-state index contributed by atoms with van der Waals surface area (Å²) in [6.07, 6.45) is 1.94. The second kappa shape index (κ2) is 7.98. The lowest BCUT2D eigenvalue weighted by Crippen LogP contribution is -3.19. The van der Waals surface area contributed by atoms with Gasteiger partial charge in [-0.05, 0) is 37.3 Å². The lowest BCUT2D eigenvalue weighted by molar-refractivity contribution is -0.914. The number of anilines is 2. The summed E-state index contributed by atoms with van der Waals surface area (Å²) in [5.41, 5.74) is 0.801. The van der Waals surface area contributed by atoms with Crippen molar-refractivity contribution in [1.29, 1.82) is 0 Å². The first-order chi connectivity index (χ1) is 12.2. The second-order valence-electron chi connectivity index (χ2n) is 6.33. The number of hydrogen-bond acceptors (Lipinski definition) is 3. The molecule has 1 fully saturated rings. The average Bonchev–Trinajstić information content (AvgIpc) is 2.69. The van der Waals surface area contributed by atoms with Crippen molar-refractivity contribution in [3.05, 3.63) is 48.7 Å². The fourth-order valence-electron chi connectivity index (χ4n) is 3.16. The summed E-state index contributed by atoms with van der Waals surface area (Å²) in [7, 11) is 1.63. The van der Waals surface area contributed by atoms with Gasteiger partial charge < -0.3 is 15.0 Å². The van der Waals surface area contributed by atoms with Crippen molar-refractivity contribution >= 4 is 17.4 Å².